The van der Waals surface area contributed by atoms with Gasteiger partial charge in [0, 0.05) is 56.3 Å². The molecule has 6 nitrogen and oxygen atoms in total. The number of hydrogen-bond acceptors (Lipinski definition) is 4. The fraction of sp³-hybridized carbons (Fsp3) is 0.250. The van der Waals surface area contributed by atoms with Crippen LogP contribution in [0, 0.1) is 17.0 Å². The number of aryl methyl sites for hydroxylation is 1. The number of aromatic nitrogens is 1. The molecule has 2 heterocycles. The molecule has 4 rings (SSSR count). The molecular formula is C20H20ClN4O2+. The van der Waals surface area contributed by atoms with E-state index in [9.17, 15) is 10.1 Å². The highest BCUT2D eigenvalue weighted by Gasteiger charge is 2.25. The zero-order chi connectivity index (χ0) is 19.0. The smallest absolute Gasteiger partial charge is 0.292 e. The molecule has 0 amide bonds. The van der Waals surface area contributed by atoms with E-state index >= 15 is 0 Å². The molecule has 0 bridgehead atoms. The SMILES string of the molecule is Cc1cc(N2CCN(c3cc(Cl)ccc3[N+](=O)[O-])CC2)c2ccccc2[nH+]1. The quantitative estimate of drug-likeness (QED) is 0.509. The van der Waals surface area contributed by atoms with Gasteiger partial charge >= 0.3 is 0 Å². The molecule has 0 saturated carbocycles. The predicted molar refractivity (Wildman–Crippen MR) is 108 cm³/mol. The molecule has 0 atom stereocenters. The molecule has 0 unspecified atom stereocenters. The van der Waals surface area contributed by atoms with E-state index < -0.39 is 0 Å². The summed E-state index contributed by atoms with van der Waals surface area (Å²) in [6.07, 6.45) is 0. The number of nitrogens with zero attached hydrogens (tertiary/aromatic N) is 3. The highest BCUT2D eigenvalue weighted by atomic mass is 35.5. The molecule has 1 N–H and O–H groups in total. The van der Waals surface area contributed by atoms with Gasteiger partial charge in [-0.05, 0) is 18.2 Å². The van der Waals surface area contributed by atoms with Crippen molar-refractivity contribution >= 4 is 39.6 Å². The van der Waals surface area contributed by atoms with Crippen LogP contribution < -0.4 is 14.8 Å². The summed E-state index contributed by atoms with van der Waals surface area (Å²) in [5.41, 5.74) is 4.11. The minimum atomic E-state index is -0.345. The van der Waals surface area contributed by atoms with Crippen LogP contribution in [0.15, 0.2) is 48.5 Å². The second-order valence-electron chi connectivity index (χ2n) is 6.75. The van der Waals surface area contributed by atoms with Crippen molar-refractivity contribution in [1.29, 1.82) is 0 Å². The highest BCUT2D eigenvalue weighted by molar-refractivity contribution is 6.31. The summed E-state index contributed by atoms with van der Waals surface area (Å²) < 4.78 is 0. The van der Waals surface area contributed by atoms with Crippen LogP contribution in [0.4, 0.5) is 17.1 Å². The number of piperazine rings is 1. The van der Waals surface area contributed by atoms with Gasteiger partial charge in [0.1, 0.15) is 5.69 Å². The van der Waals surface area contributed by atoms with Gasteiger partial charge < -0.3 is 9.80 Å². The van der Waals surface area contributed by atoms with Crippen molar-refractivity contribution in [3.8, 4) is 0 Å². The number of para-hydroxylation sites is 1. The Morgan fingerprint density at radius 1 is 1.00 bits per heavy atom. The van der Waals surface area contributed by atoms with Crippen molar-refractivity contribution in [3.63, 3.8) is 0 Å². The lowest BCUT2D eigenvalue weighted by molar-refractivity contribution is -0.384. The maximum atomic E-state index is 11.4. The minimum absolute atomic E-state index is 0.100. The molecular weight excluding hydrogens is 364 g/mol. The highest BCUT2D eigenvalue weighted by Crippen LogP contribution is 2.33. The van der Waals surface area contributed by atoms with Crippen molar-refractivity contribution in [2.75, 3.05) is 36.0 Å². The van der Waals surface area contributed by atoms with Crippen LogP contribution in [-0.4, -0.2) is 31.1 Å². The number of aromatic amines is 1. The second kappa shape index (κ2) is 7.04. The van der Waals surface area contributed by atoms with E-state index in [0.717, 1.165) is 24.3 Å². The molecule has 1 aliphatic rings. The third-order valence-corrected chi connectivity index (χ3v) is 5.22. The van der Waals surface area contributed by atoms with E-state index in [1.165, 1.54) is 17.1 Å². The standard InChI is InChI=1S/C20H19ClN4O2/c1-14-12-19(16-4-2-3-5-17(16)22-14)23-8-10-24(11-9-23)20-13-15(21)6-7-18(20)25(26)27/h2-7,12-13H,8-11H2,1H3/p+1. The van der Waals surface area contributed by atoms with Gasteiger partial charge in [0.2, 0.25) is 5.52 Å². The van der Waals surface area contributed by atoms with E-state index in [1.54, 1.807) is 12.1 Å². The number of nitrogens with one attached hydrogen (secondary N) is 1. The van der Waals surface area contributed by atoms with Crippen LogP contribution >= 0.6 is 11.6 Å². The van der Waals surface area contributed by atoms with Crippen LogP contribution in [0.2, 0.25) is 5.02 Å². The lowest BCUT2D eigenvalue weighted by Gasteiger charge is -2.37. The summed E-state index contributed by atoms with van der Waals surface area (Å²) >= 11 is 6.08. The number of halogens is 1. The largest absolute Gasteiger partial charge is 0.367 e. The van der Waals surface area contributed by atoms with Crippen LogP contribution in [0.5, 0.6) is 0 Å². The summed E-state index contributed by atoms with van der Waals surface area (Å²) in [6.45, 7) is 5.04. The van der Waals surface area contributed by atoms with Gasteiger partial charge in [-0.2, -0.15) is 0 Å². The molecule has 27 heavy (non-hydrogen) atoms. The maximum Gasteiger partial charge on any atom is 0.292 e. The number of benzene rings is 2. The van der Waals surface area contributed by atoms with Crippen LogP contribution in [0.1, 0.15) is 5.69 Å². The van der Waals surface area contributed by atoms with Crippen molar-refractivity contribution in [3.05, 3.63) is 69.4 Å². The van der Waals surface area contributed by atoms with Crippen molar-refractivity contribution in [2.24, 2.45) is 0 Å². The third kappa shape index (κ3) is 3.40. The molecule has 2 aromatic carbocycles. The zero-order valence-corrected chi connectivity index (χ0v) is 15.7. The van der Waals surface area contributed by atoms with E-state index in [4.69, 9.17) is 11.6 Å². The number of rotatable bonds is 3. The Morgan fingerprint density at radius 3 is 2.37 bits per heavy atom. The number of fused-ring (bicyclic) bond motifs is 1. The van der Waals surface area contributed by atoms with E-state index in [2.05, 4.69) is 35.0 Å². The fourth-order valence-corrected chi connectivity index (χ4v) is 3.87. The molecule has 3 aromatic rings. The van der Waals surface area contributed by atoms with Gasteiger partial charge in [0.15, 0.2) is 5.69 Å². The van der Waals surface area contributed by atoms with E-state index in [-0.39, 0.29) is 10.6 Å². The van der Waals surface area contributed by atoms with E-state index in [1.807, 2.05) is 17.0 Å². The first-order valence-electron chi connectivity index (χ1n) is 8.88. The van der Waals surface area contributed by atoms with Crippen molar-refractivity contribution in [2.45, 2.75) is 6.92 Å². The molecule has 1 aliphatic heterocycles. The molecule has 7 heteroatoms. The number of pyridine rings is 1. The molecule has 138 valence electrons. The number of hydrogen-bond donors (Lipinski definition) is 0. The predicted octanol–water partition coefficient (Wildman–Crippen LogP) is 3.85. The Hall–Kier alpha value is -2.86. The van der Waals surface area contributed by atoms with Crippen molar-refractivity contribution in [1.82, 2.24) is 0 Å². The Balaban J connectivity index is 1.61. The fourth-order valence-electron chi connectivity index (χ4n) is 3.70. The first kappa shape index (κ1) is 17.5. The second-order valence-corrected chi connectivity index (χ2v) is 7.18. The molecule has 1 saturated heterocycles. The molecule has 0 aliphatic carbocycles. The monoisotopic (exact) mass is 383 g/mol. The average molecular weight is 384 g/mol. The maximum absolute atomic E-state index is 11.4. The first-order chi connectivity index (χ1) is 13.0. The molecule has 1 aromatic heterocycles. The summed E-state index contributed by atoms with van der Waals surface area (Å²) in [4.78, 5) is 18.8. The summed E-state index contributed by atoms with van der Waals surface area (Å²) in [6, 6.07) is 15.2. The third-order valence-electron chi connectivity index (χ3n) is 4.98. The summed E-state index contributed by atoms with van der Waals surface area (Å²) in [5, 5.41) is 13.1. The van der Waals surface area contributed by atoms with Gasteiger partial charge in [-0.15, -0.1) is 0 Å². The number of nitro benzene ring substituents is 1. The van der Waals surface area contributed by atoms with Gasteiger partial charge in [0.25, 0.3) is 5.69 Å². The summed E-state index contributed by atoms with van der Waals surface area (Å²) in [7, 11) is 0. The Labute approximate surface area is 162 Å². The summed E-state index contributed by atoms with van der Waals surface area (Å²) in [5.74, 6) is 0. The normalized spacial score (nSPS) is 14.6. The van der Waals surface area contributed by atoms with Gasteiger partial charge in [-0.1, -0.05) is 23.7 Å². The Bertz CT molecular complexity index is 1020. The van der Waals surface area contributed by atoms with Gasteiger partial charge in [0.05, 0.1) is 16.0 Å². The molecule has 0 spiro atoms. The zero-order valence-electron chi connectivity index (χ0n) is 15.0. The molecule has 1 fully saturated rings. The average Bonchev–Trinajstić information content (AvgIpc) is 2.67. The van der Waals surface area contributed by atoms with Gasteiger partial charge in [-0.3, -0.25) is 10.1 Å². The first-order valence-corrected chi connectivity index (χ1v) is 9.26. The van der Waals surface area contributed by atoms with Crippen LogP contribution in [0.3, 0.4) is 0 Å². The topological polar surface area (TPSA) is 63.8 Å². The van der Waals surface area contributed by atoms with E-state index in [0.29, 0.717) is 23.8 Å². The molecule has 0 radical (unpaired) electrons. The Morgan fingerprint density at radius 2 is 1.67 bits per heavy atom. The number of H-pyrrole nitrogens is 1. The lowest BCUT2D eigenvalue weighted by atomic mass is 10.1. The minimum Gasteiger partial charge on any atom is -0.367 e. The van der Waals surface area contributed by atoms with Crippen LogP contribution in [-0.2, 0) is 0 Å². The van der Waals surface area contributed by atoms with Crippen LogP contribution in [0.25, 0.3) is 10.9 Å². The number of anilines is 2. The van der Waals surface area contributed by atoms with Crippen molar-refractivity contribution < 1.29 is 9.91 Å². The lowest BCUT2D eigenvalue weighted by Crippen LogP contribution is -2.47. The number of nitro groups is 1. The van der Waals surface area contributed by atoms with Gasteiger partial charge in [-0.25, -0.2) is 4.98 Å². The Kier molecular flexibility index (Phi) is 4.58.